The van der Waals surface area contributed by atoms with Crippen molar-refractivity contribution < 1.29 is 22.7 Å². The van der Waals surface area contributed by atoms with Gasteiger partial charge >= 0.3 is 0 Å². The van der Waals surface area contributed by atoms with E-state index in [1.165, 1.54) is 0 Å². The maximum atomic E-state index is 13.6. The fraction of sp³-hybridized carbons (Fsp3) is 0.385. The molecule has 6 rings (SSSR count). The van der Waals surface area contributed by atoms with Gasteiger partial charge in [0.05, 0.1) is 40.4 Å². The van der Waals surface area contributed by atoms with E-state index in [1.807, 2.05) is 29.2 Å². The monoisotopic (exact) mass is 553 g/mol. The van der Waals surface area contributed by atoms with Crippen LogP contribution in [0.2, 0.25) is 0 Å². The van der Waals surface area contributed by atoms with Crippen LogP contribution < -0.4 is 10.6 Å². The van der Waals surface area contributed by atoms with E-state index in [2.05, 4.69) is 20.6 Å². The number of carbonyl (C=O) groups excluding carboxylic acids is 1. The van der Waals surface area contributed by atoms with Crippen molar-refractivity contribution in [3.8, 4) is 11.3 Å². The number of aromatic nitrogens is 5. The predicted molar refractivity (Wildman–Crippen MR) is 144 cm³/mol. The molecule has 1 saturated heterocycles. The number of hydrogen-bond donors (Lipinski definition) is 3. The molecule has 0 bridgehead atoms. The lowest BCUT2D eigenvalue weighted by atomic mass is 10.1. The lowest BCUT2D eigenvalue weighted by Gasteiger charge is -2.25. The number of anilines is 3. The first-order valence-corrected chi connectivity index (χ1v) is 13.9. The molecule has 2 fully saturated rings. The van der Waals surface area contributed by atoms with E-state index in [4.69, 9.17) is 9.72 Å². The second-order valence-electron chi connectivity index (χ2n) is 9.90. The minimum Gasteiger partial charge on any atom is -0.358 e. The lowest BCUT2D eigenvalue weighted by Crippen LogP contribution is -2.20. The Kier molecular flexibility index (Phi) is 6.65. The smallest absolute Gasteiger partial charge is 0.231 e. The number of nitrogens with zero attached hydrogens (tertiary/aromatic N) is 5. The summed E-state index contributed by atoms with van der Waals surface area (Å²) in [5.74, 6) is -0.214. The summed E-state index contributed by atoms with van der Waals surface area (Å²) in [6.07, 6.45) is 4.90. The number of alkyl halides is 1. The van der Waals surface area contributed by atoms with Gasteiger partial charge in [0.25, 0.3) is 0 Å². The van der Waals surface area contributed by atoms with Gasteiger partial charge in [0.1, 0.15) is 29.6 Å². The molecule has 3 aromatic heterocycles. The van der Waals surface area contributed by atoms with E-state index in [0.29, 0.717) is 35.0 Å². The second-order valence-corrected chi connectivity index (χ2v) is 10.8. The Morgan fingerprint density at radius 3 is 2.72 bits per heavy atom. The zero-order valence-corrected chi connectivity index (χ0v) is 22.2. The average molecular weight is 554 g/mol. The number of rotatable bonds is 7. The maximum Gasteiger partial charge on any atom is 0.231 e. The molecule has 2 aliphatic rings. The highest BCUT2D eigenvalue weighted by Gasteiger charge is 2.43. The summed E-state index contributed by atoms with van der Waals surface area (Å²) in [4.78, 5) is 26.3. The highest BCUT2D eigenvalue weighted by Crippen LogP contribution is 2.37. The number of fused-ring (bicyclic) bond motifs is 1. The average Bonchev–Trinajstić information content (AvgIpc) is 3.34. The van der Waals surface area contributed by atoms with Gasteiger partial charge in [-0.05, 0) is 44.7 Å². The van der Waals surface area contributed by atoms with Gasteiger partial charge in [0, 0.05) is 25.3 Å². The number of benzene rings is 1. The number of ether oxygens (including phenoxy) is 1. The van der Waals surface area contributed by atoms with E-state index in [0.717, 1.165) is 30.5 Å². The second kappa shape index (κ2) is 10.1. The van der Waals surface area contributed by atoms with Crippen molar-refractivity contribution in [1.82, 2.24) is 24.1 Å². The maximum absolute atomic E-state index is 13.6. The Balaban J connectivity index is 1.44. The van der Waals surface area contributed by atoms with Crippen LogP contribution in [0.15, 0.2) is 41.7 Å². The topological polar surface area (TPSA) is 136 Å². The third-order valence-corrected chi connectivity index (χ3v) is 7.83. The molecular weight excluding hydrogens is 525 g/mol. The lowest BCUT2D eigenvalue weighted by molar-refractivity contribution is -0.117. The van der Waals surface area contributed by atoms with Crippen LogP contribution in [-0.4, -0.2) is 51.5 Å². The molecule has 3 N–H and O–H groups in total. The normalized spacial score (nSPS) is 21.6. The standard InChI is InChI=1S/C26H28FN7O4S/c1-14-29-24-19(30-18-7-6-15(9-21(18)39(36)37)20-12-28-13-33(20)2)11-22(32-26(35)16-10-17(16)27)31-25(24)34(14)23-5-3-4-8-38-23/h6-7,9,11-13,16-17,23H,3-5,8,10H2,1-2H3,(H,36,37)(H2,30,31,32,35)/t16-,17+,23?/m1/s1. The van der Waals surface area contributed by atoms with Gasteiger partial charge in [0.2, 0.25) is 5.91 Å². The molecule has 4 atom stereocenters. The van der Waals surface area contributed by atoms with Gasteiger partial charge < -0.3 is 24.5 Å². The third-order valence-electron chi connectivity index (χ3n) is 7.12. The van der Waals surface area contributed by atoms with Crippen LogP contribution in [-0.2, 0) is 27.7 Å². The molecule has 11 nitrogen and oxygen atoms in total. The summed E-state index contributed by atoms with van der Waals surface area (Å²) in [5, 5.41) is 5.97. The molecule has 1 amide bonds. The number of aryl methyl sites for hydroxylation is 2. The Labute approximate surface area is 226 Å². The van der Waals surface area contributed by atoms with Crippen molar-refractivity contribution in [2.45, 2.75) is 49.9 Å². The van der Waals surface area contributed by atoms with Gasteiger partial charge in [-0.3, -0.25) is 9.36 Å². The molecule has 4 aromatic rings. The van der Waals surface area contributed by atoms with Gasteiger partial charge in [-0.15, -0.1) is 0 Å². The predicted octanol–water partition coefficient (Wildman–Crippen LogP) is 4.46. The SMILES string of the molecule is Cc1nc2c(Nc3ccc(-c4cncn4C)cc3S(=O)O)cc(NC(=O)[C@@H]3C[C@@H]3F)nc2n1C1CCCCO1. The minimum atomic E-state index is -2.31. The molecule has 0 radical (unpaired) electrons. The van der Waals surface area contributed by atoms with Gasteiger partial charge in [0.15, 0.2) is 16.7 Å². The van der Waals surface area contributed by atoms with Crippen LogP contribution >= 0.6 is 0 Å². The van der Waals surface area contributed by atoms with Crippen molar-refractivity contribution in [3.63, 3.8) is 0 Å². The summed E-state index contributed by atoms with van der Waals surface area (Å²) in [5.41, 5.74) is 3.38. The third kappa shape index (κ3) is 4.92. The fourth-order valence-corrected chi connectivity index (χ4v) is 5.50. The summed E-state index contributed by atoms with van der Waals surface area (Å²) >= 11 is -2.31. The van der Waals surface area contributed by atoms with E-state index >= 15 is 0 Å². The molecule has 1 aliphatic carbocycles. The van der Waals surface area contributed by atoms with Gasteiger partial charge in [-0.1, -0.05) is 6.07 Å². The molecule has 204 valence electrons. The van der Waals surface area contributed by atoms with E-state index < -0.39 is 29.1 Å². The highest BCUT2D eigenvalue weighted by molar-refractivity contribution is 7.79. The molecule has 39 heavy (non-hydrogen) atoms. The van der Waals surface area contributed by atoms with E-state index in [1.54, 1.807) is 30.7 Å². The van der Waals surface area contributed by atoms with Crippen molar-refractivity contribution in [3.05, 3.63) is 42.6 Å². The van der Waals surface area contributed by atoms with Crippen LogP contribution in [0.4, 0.5) is 21.6 Å². The zero-order valence-electron chi connectivity index (χ0n) is 21.4. The zero-order chi connectivity index (χ0) is 27.3. The molecule has 1 aliphatic heterocycles. The van der Waals surface area contributed by atoms with Crippen LogP contribution in [0.25, 0.3) is 22.4 Å². The van der Waals surface area contributed by atoms with Crippen molar-refractivity contribution >= 4 is 45.3 Å². The molecule has 2 unspecified atom stereocenters. The Hall–Kier alpha value is -3.68. The Morgan fingerprint density at radius 2 is 2.05 bits per heavy atom. The first-order valence-electron chi connectivity index (χ1n) is 12.7. The summed E-state index contributed by atoms with van der Waals surface area (Å²) < 4.78 is 45.8. The van der Waals surface area contributed by atoms with Gasteiger partial charge in [-0.25, -0.2) is 23.6 Å². The summed E-state index contributed by atoms with van der Waals surface area (Å²) in [7, 11) is 1.84. The number of carbonyl (C=O) groups is 1. The first-order chi connectivity index (χ1) is 18.8. The summed E-state index contributed by atoms with van der Waals surface area (Å²) in [6.45, 7) is 2.48. The minimum absolute atomic E-state index is 0.161. The van der Waals surface area contributed by atoms with E-state index in [-0.39, 0.29) is 23.4 Å². The molecular formula is C26H28FN7O4S. The van der Waals surface area contributed by atoms with Crippen LogP contribution in [0.5, 0.6) is 0 Å². The summed E-state index contributed by atoms with van der Waals surface area (Å²) in [6, 6.07) is 6.77. The number of hydrogen-bond acceptors (Lipinski definition) is 7. The van der Waals surface area contributed by atoms with Crippen molar-refractivity contribution in [2.24, 2.45) is 13.0 Å². The molecule has 13 heteroatoms. The quantitative estimate of drug-likeness (QED) is 0.286. The van der Waals surface area contributed by atoms with Crippen molar-refractivity contribution in [2.75, 3.05) is 17.2 Å². The Bertz CT molecular complexity index is 1600. The van der Waals surface area contributed by atoms with Crippen LogP contribution in [0, 0.1) is 12.8 Å². The fourth-order valence-electron chi connectivity index (χ4n) is 4.97. The number of imidazole rings is 2. The largest absolute Gasteiger partial charge is 0.358 e. The number of halogens is 1. The molecule has 4 heterocycles. The molecule has 1 saturated carbocycles. The number of nitrogens with one attached hydrogen (secondary N) is 2. The van der Waals surface area contributed by atoms with Crippen LogP contribution in [0.3, 0.4) is 0 Å². The number of pyridine rings is 1. The van der Waals surface area contributed by atoms with Crippen LogP contribution in [0.1, 0.15) is 37.7 Å². The number of amides is 1. The molecule has 1 aromatic carbocycles. The van der Waals surface area contributed by atoms with Gasteiger partial charge in [-0.2, -0.15) is 0 Å². The van der Waals surface area contributed by atoms with Crippen molar-refractivity contribution in [1.29, 1.82) is 0 Å². The first kappa shape index (κ1) is 25.6. The molecule has 0 spiro atoms. The Morgan fingerprint density at radius 1 is 1.23 bits per heavy atom. The highest BCUT2D eigenvalue weighted by atomic mass is 32.2. The van der Waals surface area contributed by atoms with E-state index in [9.17, 15) is 17.9 Å².